The maximum atomic E-state index is 11.0. The summed E-state index contributed by atoms with van der Waals surface area (Å²) < 4.78 is 22.0. The van der Waals surface area contributed by atoms with E-state index in [9.17, 15) is 18.0 Å². The average molecular weight is 365 g/mol. The predicted molar refractivity (Wildman–Crippen MR) is 93.1 cm³/mol. The Morgan fingerprint density at radius 2 is 1.32 bits per heavy atom. The molecule has 0 heterocycles. The van der Waals surface area contributed by atoms with E-state index in [0.29, 0.717) is 0 Å². The van der Waals surface area contributed by atoms with Crippen LogP contribution in [0.15, 0.2) is 48.5 Å². The molecule has 7 nitrogen and oxygen atoms in total. The van der Waals surface area contributed by atoms with Crippen molar-refractivity contribution in [1.82, 2.24) is 0 Å². The molecule has 1 unspecified atom stereocenters. The first-order valence-electron chi connectivity index (χ1n) is 7.17. The number of benzene rings is 2. The van der Waals surface area contributed by atoms with Gasteiger partial charge < -0.3 is 10.2 Å². The number of rotatable bonds is 4. The smallest absolute Gasteiger partial charge is 0.336 e. The van der Waals surface area contributed by atoms with E-state index in [-0.39, 0.29) is 11.1 Å². The van der Waals surface area contributed by atoms with E-state index in [4.69, 9.17) is 15.4 Å². The predicted octanol–water partition coefficient (Wildman–Crippen LogP) is 2.43. The van der Waals surface area contributed by atoms with E-state index in [2.05, 4.69) is 0 Å². The lowest BCUT2D eigenvalue weighted by Crippen LogP contribution is -2.19. The fourth-order valence-corrected chi connectivity index (χ4v) is 2.42. The summed E-state index contributed by atoms with van der Waals surface area (Å²) in [4.78, 5) is 20.9. The van der Waals surface area contributed by atoms with Crippen LogP contribution in [0.2, 0.25) is 0 Å². The van der Waals surface area contributed by atoms with Crippen LogP contribution in [-0.4, -0.2) is 30.6 Å². The molecule has 0 saturated heterocycles. The van der Waals surface area contributed by atoms with Gasteiger partial charge in [-0.1, -0.05) is 42.0 Å². The minimum Gasteiger partial charge on any atom is -0.478 e. The Hall–Kier alpha value is -2.71. The van der Waals surface area contributed by atoms with Crippen LogP contribution in [0.25, 0.3) is 0 Å². The molecule has 0 aliphatic rings. The minimum absolute atomic E-state index is 0.190. The van der Waals surface area contributed by atoms with Gasteiger partial charge in [0.05, 0.1) is 16.4 Å². The van der Waals surface area contributed by atoms with Crippen LogP contribution < -0.4 is 5.14 Å². The molecule has 4 N–H and O–H groups in total. The topological polar surface area (TPSA) is 135 Å². The van der Waals surface area contributed by atoms with Crippen molar-refractivity contribution < 1.29 is 28.2 Å². The summed E-state index contributed by atoms with van der Waals surface area (Å²) >= 11 is 0. The van der Waals surface area contributed by atoms with E-state index in [1.807, 2.05) is 19.1 Å². The first-order chi connectivity index (χ1) is 11.5. The van der Waals surface area contributed by atoms with Gasteiger partial charge in [-0.25, -0.2) is 23.1 Å². The highest BCUT2D eigenvalue weighted by Gasteiger charge is 2.17. The van der Waals surface area contributed by atoms with Crippen LogP contribution in [0, 0.1) is 6.92 Å². The van der Waals surface area contributed by atoms with Crippen molar-refractivity contribution >= 4 is 22.0 Å². The molecule has 0 fully saturated rings. The second-order valence-corrected chi connectivity index (χ2v) is 7.18. The second kappa shape index (κ2) is 8.41. The molecule has 0 saturated carbocycles. The highest BCUT2D eigenvalue weighted by Crippen LogP contribution is 2.19. The van der Waals surface area contributed by atoms with Gasteiger partial charge in [0.2, 0.25) is 10.0 Å². The zero-order valence-corrected chi connectivity index (χ0v) is 14.5. The molecule has 0 aliphatic carbocycles. The Kier molecular flexibility index (Phi) is 6.84. The minimum atomic E-state index is -3.47. The summed E-state index contributed by atoms with van der Waals surface area (Å²) in [5.74, 6) is -2.46. The summed E-state index contributed by atoms with van der Waals surface area (Å²) in [7, 11) is -3.47. The lowest BCUT2D eigenvalue weighted by Gasteiger charge is -2.08. The van der Waals surface area contributed by atoms with Crippen molar-refractivity contribution in [2.24, 2.45) is 5.14 Å². The SMILES string of the molecule is Cc1ccc(C(C)S(N)(=O)=O)cc1.O=C(O)c1ccccc1C(=O)O. The van der Waals surface area contributed by atoms with Crippen LogP contribution in [-0.2, 0) is 10.0 Å². The number of hydrogen-bond donors (Lipinski definition) is 3. The number of sulfonamides is 1. The number of carboxylic acids is 2. The molecular weight excluding hydrogens is 346 g/mol. The van der Waals surface area contributed by atoms with Crippen molar-refractivity contribution in [3.05, 3.63) is 70.8 Å². The molecule has 1 atom stereocenters. The molecule has 0 aromatic heterocycles. The van der Waals surface area contributed by atoms with E-state index < -0.39 is 27.2 Å². The van der Waals surface area contributed by atoms with Gasteiger partial charge in [0.1, 0.15) is 0 Å². The number of nitrogens with two attached hydrogens (primary N) is 1. The lowest BCUT2D eigenvalue weighted by molar-refractivity contribution is 0.0651. The fourth-order valence-electron chi connectivity index (χ4n) is 1.88. The quantitative estimate of drug-likeness (QED) is 0.761. The van der Waals surface area contributed by atoms with E-state index in [1.54, 1.807) is 19.1 Å². The van der Waals surface area contributed by atoms with E-state index in [1.165, 1.54) is 24.3 Å². The van der Waals surface area contributed by atoms with Crippen LogP contribution in [0.5, 0.6) is 0 Å². The van der Waals surface area contributed by atoms with Crippen molar-refractivity contribution in [3.8, 4) is 0 Å². The van der Waals surface area contributed by atoms with Gasteiger partial charge in [0, 0.05) is 0 Å². The Labute approximate surface area is 145 Å². The van der Waals surface area contributed by atoms with Gasteiger partial charge in [-0.15, -0.1) is 0 Å². The van der Waals surface area contributed by atoms with Gasteiger partial charge in [-0.05, 0) is 31.5 Å². The van der Waals surface area contributed by atoms with Gasteiger partial charge >= 0.3 is 11.9 Å². The molecule has 0 radical (unpaired) electrons. The molecule has 8 heteroatoms. The zero-order valence-electron chi connectivity index (χ0n) is 13.7. The molecule has 2 aromatic rings. The fraction of sp³-hybridized carbons (Fsp3) is 0.176. The molecule has 0 spiro atoms. The van der Waals surface area contributed by atoms with Gasteiger partial charge in [-0.3, -0.25) is 0 Å². The maximum Gasteiger partial charge on any atom is 0.336 e. The summed E-state index contributed by atoms with van der Waals surface area (Å²) in [6.07, 6.45) is 0. The highest BCUT2D eigenvalue weighted by atomic mass is 32.2. The van der Waals surface area contributed by atoms with Gasteiger partial charge in [-0.2, -0.15) is 0 Å². The third-order valence-corrected chi connectivity index (χ3v) is 4.69. The Morgan fingerprint density at radius 1 is 0.920 bits per heavy atom. The molecule has 2 rings (SSSR count). The van der Waals surface area contributed by atoms with Crippen molar-refractivity contribution in [2.75, 3.05) is 0 Å². The summed E-state index contributed by atoms with van der Waals surface area (Å²) in [5.41, 5.74) is 1.45. The second-order valence-electron chi connectivity index (χ2n) is 5.30. The van der Waals surface area contributed by atoms with Crippen molar-refractivity contribution in [2.45, 2.75) is 19.1 Å². The number of primary sulfonamides is 1. The van der Waals surface area contributed by atoms with Crippen molar-refractivity contribution in [1.29, 1.82) is 0 Å². The summed E-state index contributed by atoms with van der Waals surface area (Å²) in [5, 5.41) is 21.5. The van der Waals surface area contributed by atoms with Crippen LogP contribution in [0.1, 0.15) is 44.0 Å². The van der Waals surface area contributed by atoms with Gasteiger partial charge in [0.15, 0.2) is 0 Å². The molecule has 134 valence electrons. The first kappa shape index (κ1) is 20.3. The van der Waals surface area contributed by atoms with E-state index in [0.717, 1.165) is 11.1 Å². The number of carbonyl (C=O) groups is 2. The normalized spacial score (nSPS) is 11.8. The number of aryl methyl sites for hydroxylation is 1. The maximum absolute atomic E-state index is 11.0. The largest absolute Gasteiger partial charge is 0.478 e. The molecule has 0 amide bonds. The molecule has 0 aliphatic heterocycles. The molecular formula is C17H19NO6S. The Bertz CT molecular complexity index is 826. The third kappa shape index (κ3) is 6.02. The van der Waals surface area contributed by atoms with Gasteiger partial charge in [0.25, 0.3) is 0 Å². The molecule has 25 heavy (non-hydrogen) atoms. The summed E-state index contributed by atoms with van der Waals surface area (Å²) in [6.45, 7) is 3.53. The first-order valence-corrected chi connectivity index (χ1v) is 8.78. The number of aromatic carboxylic acids is 2. The monoisotopic (exact) mass is 365 g/mol. The third-order valence-electron chi connectivity index (χ3n) is 3.43. The zero-order chi connectivity index (χ0) is 19.2. The Balaban J connectivity index is 0.000000251. The lowest BCUT2D eigenvalue weighted by atomic mass is 10.1. The molecule has 0 bridgehead atoms. The molecule has 2 aromatic carbocycles. The number of carboxylic acid groups (broad SMARTS) is 2. The Morgan fingerprint density at radius 3 is 1.64 bits per heavy atom. The standard InChI is InChI=1S/C9H13NO2S.C8H6O4/c1-7-3-5-9(6-4-7)8(2)13(10,11)12;9-7(10)5-3-1-2-4-6(5)8(11)12/h3-6,8H,1-2H3,(H2,10,11,12);1-4H,(H,9,10)(H,11,12). The summed E-state index contributed by atoms with van der Waals surface area (Å²) in [6, 6.07) is 12.8. The number of hydrogen-bond acceptors (Lipinski definition) is 4. The van der Waals surface area contributed by atoms with Crippen LogP contribution in [0.4, 0.5) is 0 Å². The van der Waals surface area contributed by atoms with E-state index >= 15 is 0 Å². The average Bonchev–Trinajstić information content (AvgIpc) is 2.54. The van der Waals surface area contributed by atoms with Crippen molar-refractivity contribution in [3.63, 3.8) is 0 Å². The van der Waals surface area contributed by atoms with Crippen LogP contribution in [0.3, 0.4) is 0 Å². The van der Waals surface area contributed by atoms with Crippen LogP contribution >= 0.6 is 0 Å². The highest BCUT2D eigenvalue weighted by molar-refractivity contribution is 7.89.